The smallest absolute Gasteiger partial charge is 0.0618 e. The summed E-state index contributed by atoms with van der Waals surface area (Å²) < 4.78 is 0. The largest absolute Gasteiger partial charge is 0.310 e. The molecule has 0 unspecified atom stereocenters. The monoisotopic (exact) mass is 628 g/mol. The molecule has 0 radical (unpaired) electrons. The molecule has 9 rings (SSSR count). The lowest BCUT2D eigenvalue weighted by Gasteiger charge is -2.45. The van der Waals surface area contributed by atoms with Gasteiger partial charge in [0.05, 0.1) is 22.7 Å². The topological polar surface area (TPSA) is 6.48 Å². The molecule has 0 aliphatic carbocycles. The third kappa shape index (κ3) is 4.63. The second-order valence-electron chi connectivity index (χ2n) is 13.4. The molecule has 0 fully saturated rings. The summed E-state index contributed by atoms with van der Waals surface area (Å²) in [5.41, 5.74) is 11.8. The average Bonchev–Trinajstić information content (AvgIpc) is 3.16. The lowest BCUT2D eigenvalue weighted by atomic mass is 9.72. The maximum Gasteiger partial charge on any atom is 0.0618 e. The molecule has 49 heavy (non-hydrogen) atoms. The van der Waals surface area contributed by atoms with Crippen molar-refractivity contribution in [1.82, 2.24) is 0 Å². The van der Waals surface area contributed by atoms with Gasteiger partial charge in [-0.05, 0) is 69.8 Å². The molecule has 8 aromatic rings. The van der Waals surface area contributed by atoms with Crippen molar-refractivity contribution in [3.8, 4) is 11.1 Å². The van der Waals surface area contributed by atoms with E-state index in [0.29, 0.717) is 0 Å². The minimum Gasteiger partial charge on any atom is -0.310 e. The summed E-state index contributed by atoms with van der Waals surface area (Å²) in [6.45, 7) is 4.77. The van der Waals surface area contributed by atoms with Crippen molar-refractivity contribution in [1.29, 1.82) is 0 Å². The Morgan fingerprint density at radius 3 is 1.71 bits per heavy atom. The molecular formula is C47H36N2. The summed E-state index contributed by atoms with van der Waals surface area (Å²) in [6, 6.07) is 66.2. The zero-order valence-electron chi connectivity index (χ0n) is 27.7. The van der Waals surface area contributed by atoms with Crippen molar-refractivity contribution in [2.75, 3.05) is 9.80 Å². The molecular weight excluding hydrogens is 593 g/mol. The first-order valence-electron chi connectivity index (χ1n) is 17.0. The van der Waals surface area contributed by atoms with Crippen LogP contribution in [0.3, 0.4) is 0 Å². The van der Waals surface area contributed by atoms with E-state index in [4.69, 9.17) is 0 Å². The Morgan fingerprint density at radius 1 is 0.429 bits per heavy atom. The molecule has 2 nitrogen and oxygen atoms in total. The van der Waals surface area contributed by atoms with E-state index in [0.717, 1.165) is 11.4 Å². The lowest BCUT2D eigenvalue weighted by molar-refractivity contribution is 0.632. The van der Waals surface area contributed by atoms with Gasteiger partial charge in [-0.1, -0.05) is 153 Å². The van der Waals surface area contributed by atoms with Gasteiger partial charge in [0.2, 0.25) is 0 Å². The highest BCUT2D eigenvalue weighted by Crippen LogP contribution is 2.58. The third-order valence-electron chi connectivity index (χ3n) is 10.2. The van der Waals surface area contributed by atoms with Gasteiger partial charge in [-0.25, -0.2) is 0 Å². The predicted molar refractivity (Wildman–Crippen MR) is 208 cm³/mol. The van der Waals surface area contributed by atoms with Gasteiger partial charge in [-0.3, -0.25) is 0 Å². The Bertz CT molecular complexity index is 2430. The number of benzene rings is 8. The van der Waals surface area contributed by atoms with Crippen molar-refractivity contribution in [3.63, 3.8) is 0 Å². The number of fused-ring (bicyclic) bond motifs is 4. The van der Waals surface area contributed by atoms with Crippen LogP contribution in [-0.2, 0) is 5.41 Å². The molecule has 0 bridgehead atoms. The summed E-state index contributed by atoms with van der Waals surface area (Å²) >= 11 is 0. The highest BCUT2D eigenvalue weighted by molar-refractivity contribution is 6.11. The molecule has 1 aliphatic heterocycles. The molecule has 0 N–H and O–H groups in total. The number of nitrogens with zero attached hydrogens (tertiary/aromatic N) is 2. The fourth-order valence-electron chi connectivity index (χ4n) is 8.00. The Morgan fingerprint density at radius 2 is 0.980 bits per heavy atom. The summed E-state index contributed by atoms with van der Waals surface area (Å²) in [5, 5.41) is 4.93. The Hall–Kier alpha value is -6.12. The SMILES string of the molecule is CC1(C)c2ccccc2N(c2c(-c3cccc4ccccc34)ccc3ccccc23)c2cccc(N(c3ccccc3)c3ccccc3)c21. The first kappa shape index (κ1) is 29.1. The van der Waals surface area contributed by atoms with Crippen LogP contribution in [0.2, 0.25) is 0 Å². The van der Waals surface area contributed by atoms with Crippen molar-refractivity contribution in [3.05, 3.63) is 193 Å². The fraction of sp³-hybridized carbons (Fsp3) is 0.0638. The van der Waals surface area contributed by atoms with Gasteiger partial charge in [-0.2, -0.15) is 0 Å². The van der Waals surface area contributed by atoms with E-state index in [1.807, 2.05) is 0 Å². The molecule has 0 aromatic heterocycles. The molecule has 2 heteroatoms. The molecule has 0 saturated carbocycles. The molecule has 0 saturated heterocycles. The maximum atomic E-state index is 2.55. The van der Waals surface area contributed by atoms with Crippen LogP contribution in [0.15, 0.2) is 182 Å². The second-order valence-corrected chi connectivity index (χ2v) is 13.4. The van der Waals surface area contributed by atoms with Crippen molar-refractivity contribution in [2.24, 2.45) is 0 Å². The van der Waals surface area contributed by atoms with E-state index in [1.54, 1.807) is 0 Å². The van der Waals surface area contributed by atoms with Gasteiger partial charge in [0.15, 0.2) is 0 Å². The van der Waals surface area contributed by atoms with Gasteiger partial charge < -0.3 is 9.80 Å². The minimum absolute atomic E-state index is 0.301. The van der Waals surface area contributed by atoms with Crippen molar-refractivity contribution in [2.45, 2.75) is 19.3 Å². The van der Waals surface area contributed by atoms with Crippen molar-refractivity contribution < 1.29 is 0 Å². The van der Waals surface area contributed by atoms with E-state index >= 15 is 0 Å². The van der Waals surface area contributed by atoms with Crippen LogP contribution < -0.4 is 9.80 Å². The van der Waals surface area contributed by atoms with Crippen LogP contribution in [-0.4, -0.2) is 0 Å². The van der Waals surface area contributed by atoms with Crippen LogP contribution in [0.4, 0.5) is 34.1 Å². The van der Waals surface area contributed by atoms with Gasteiger partial charge >= 0.3 is 0 Å². The quantitative estimate of drug-likeness (QED) is 0.187. The first-order chi connectivity index (χ1) is 24.1. The van der Waals surface area contributed by atoms with Crippen LogP contribution in [0.25, 0.3) is 32.7 Å². The summed E-state index contributed by atoms with van der Waals surface area (Å²) in [5.74, 6) is 0. The third-order valence-corrected chi connectivity index (χ3v) is 10.2. The molecule has 1 heterocycles. The van der Waals surface area contributed by atoms with Gasteiger partial charge in [0, 0.05) is 33.3 Å². The van der Waals surface area contributed by atoms with E-state index in [-0.39, 0.29) is 5.41 Å². The van der Waals surface area contributed by atoms with Gasteiger partial charge in [0.1, 0.15) is 0 Å². The average molecular weight is 629 g/mol. The number of anilines is 6. The number of rotatable bonds is 5. The van der Waals surface area contributed by atoms with Gasteiger partial charge in [0.25, 0.3) is 0 Å². The van der Waals surface area contributed by atoms with Crippen LogP contribution >= 0.6 is 0 Å². The van der Waals surface area contributed by atoms with Crippen molar-refractivity contribution >= 4 is 55.7 Å². The Labute approximate surface area is 288 Å². The second kappa shape index (κ2) is 11.5. The molecule has 8 aromatic carbocycles. The maximum absolute atomic E-state index is 2.55. The molecule has 234 valence electrons. The first-order valence-corrected chi connectivity index (χ1v) is 17.0. The lowest BCUT2D eigenvalue weighted by Crippen LogP contribution is -2.32. The predicted octanol–water partition coefficient (Wildman–Crippen LogP) is 13.2. The highest BCUT2D eigenvalue weighted by Gasteiger charge is 2.41. The van der Waals surface area contributed by atoms with Crippen LogP contribution in [0, 0.1) is 0 Å². The zero-order valence-corrected chi connectivity index (χ0v) is 27.7. The molecule has 0 spiro atoms. The standard InChI is InChI=1S/C47H36N2/c1-47(2)41-27-13-14-28-42(41)49(44-30-16-29-43(45(44)47)48(35-20-5-3-6-21-35)36-22-7-4-8-23-36)46-38-25-12-10-18-34(38)31-32-40(46)39-26-15-19-33-17-9-11-24-37(33)39/h3-32H,1-2H3. The number of hydrogen-bond donors (Lipinski definition) is 0. The summed E-state index contributed by atoms with van der Waals surface area (Å²) in [7, 11) is 0. The normalized spacial score (nSPS) is 13.2. The van der Waals surface area contributed by atoms with Crippen LogP contribution in [0.1, 0.15) is 25.0 Å². The summed E-state index contributed by atoms with van der Waals surface area (Å²) in [6.07, 6.45) is 0. The van der Waals surface area contributed by atoms with E-state index in [1.165, 1.54) is 66.5 Å². The van der Waals surface area contributed by atoms with Gasteiger partial charge in [-0.15, -0.1) is 0 Å². The summed E-state index contributed by atoms with van der Waals surface area (Å²) in [4.78, 5) is 4.97. The van der Waals surface area contributed by atoms with E-state index < -0.39 is 0 Å². The number of hydrogen-bond acceptors (Lipinski definition) is 2. The van der Waals surface area contributed by atoms with E-state index in [9.17, 15) is 0 Å². The highest BCUT2D eigenvalue weighted by atomic mass is 15.2. The minimum atomic E-state index is -0.301. The Balaban J connectivity index is 1.40. The van der Waals surface area contributed by atoms with E-state index in [2.05, 4.69) is 206 Å². The zero-order chi connectivity index (χ0) is 33.0. The molecule has 1 aliphatic rings. The Kier molecular flexibility index (Phi) is 6.84. The van der Waals surface area contributed by atoms with Crippen LogP contribution in [0.5, 0.6) is 0 Å². The molecule has 0 atom stereocenters. The number of para-hydroxylation sites is 3. The molecule has 0 amide bonds. The fourth-order valence-corrected chi connectivity index (χ4v) is 8.00.